The van der Waals surface area contributed by atoms with Crippen LogP contribution in [0.3, 0.4) is 0 Å². The van der Waals surface area contributed by atoms with Crippen LogP contribution in [0.1, 0.15) is 42.8 Å². The lowest BCUT2D eigenvalue weighted by molar-refractivity contribution is -0.137. The van der Waals surface area contributed by atoms with E-state index in [9.17, 15) is 4.79 Å². The fourth-order valence-electron chi connectivity index (χ4n) is 3.50. The van der Waals surface area contributed by atoms with Gasteiger partial charge in [0.15, 0.2) is 0 Å². The number of fused-ring (bicyclic) bond motifs is 1. The average Bonchev–Trinajstić information content (AvgIpc) is 2.67. The van der Waals surface area contributed by atoms with Crippen LogP contribution in [0.25, 0.3) is 0 Å². The Labute approximate surface area is 153 Å². The van der Waals surface area contributed by atoms with E-state index >= 15 is 0 Å². The SMILES string of the molecule is CC(C)c1nccc(C2Cc3ccc(N4CCNCC4)cc3OC2=O)n1. The summed E-state index contributed by atoms with van der Waals surface area (Å²) in [4.78, 5) is 23.8. The molecule has 136 valence electrons. The monoisotopic (exact) mass is 352 g/mol. The minimum absolute atomic E-state index is 0.225. The summed E-state index contributed by atoms with van der Waals surface area (Å²) in [5.41, 5.74) is 2.91. The standard InChI is InChI=1S/C20H24N4O2/c1-13(2)19-22-6-5-17(23-19)16-11-14-3-4-15(12-18(14)26-20(16)25)24-9-7-21-8-10-24/h3-6,12-13,16,21H,7-11H2,1-2H3. The van der Waals surface area contributed by atoms with Crippen molar-refractivity contribution in [2.75, 3.05) is 31.1 Å². The summed E-state index contributed by atoms with van der Waals surface area (Å²) in [5.74, 6) is 1.07. The van der Waals surface area contributed by atoms with E-state index in [0.29, 0.717) is 12.2 Å². The molecule has 6 heteroatoms. The summed E-state index contributed by atoms with van der Waals surface area (Å²) in [6.07, 6.45) is 2.35. The minimum atomic E-state index is -0.368. The Morgan fingerprint density at radius 1 is 1.23 bits per heavy atom. The molecule has 0 amide bonds. The van der Waals surface area contributed by atoms with Gasteiger partial charge in [0.25, 0.3) is 0 Å². The second-order valence-corrected chi connectivity index (χ2v) is 7.20. The molecule has 2 aliphatic heterocycles. The topological polar surface area (TPSA) is 67.3 Å². The van der Waals surface area contributed by atoms with Gasteiger partial charge in [0.2, 0.25) is 0 Å². The Bertz CT molecular complexity index is 815. The van der Waals surface area contributed by atoms with Crippen LogP contribution >= 0.6 is 0 Å². The quantitative estimate of drug-likeness (QED) is 0.675. The number of nitrogens with zero attached hydrogens (tertiary/aromatic N) is 3. The first kappa shape index (κ1) is 17.0. The van der Waals surface area contributed by atoms with E-state index in [-0.39, 0.29) is 17.8 Å². The van der Waals surface area contributed by atoms with Gasteiger partial charge in [-0.3, -0.25) is 4.79 Å². The fourth-order valence-corrected chi connectivity index (χ4v) is 3.50. The maximum Gasteiger partial charge on any atom is 0.320 e. The second-order valence-electron chi connectivity index (χ2n) is 7.20. The van der Waals surface area contributed by atoms with Crippen LogP contribution in [-0.2, 0) is 11.2 Å². The minimum Gasteiger partial charge on any atom is -0.426 e. The number of aromatic nitrogens is 2. The Morgan fingerprint density at radius 3 is 2.81 bits per heavy atom. The summed E-state index contributed by atoms with van der Waals surface area (Å²) >= 11 is 0. The summed E-state index contributed by atoms with van der Waals surface area (Å²) in [6, 6.07) is 8.02. The highest BCUT2D eigenvalue weighted by molar-refractivity contribution is 5.83. The van der Waals surface area contributed by atoms with Gasteiger partial charge in [-0.25, -0.2) is 9.97 Å². The molecule has 0 saturated carbocycles. The van der Waals surface area contributed by atoms with Crippen molar-refractivity contribution in [3.63, 3.8) is 0 Å². The fraction of sp³-hybridized carbons (Fsp3) is 0.450. The van der Waals surface area contributed by atoms with E-state index in [0.717, 1.165) is 48.9 Å². The van der Waals surface area contributed by atoms with Gasteiger partial charge in [-0.15, -0.1) is 0 Å². The van der Waals surface area contributed by atoms with Crippen molar-refractivity contribution in [3.8, 4) is 5.75 Å². The van der Waals surface area contributed by atoms with Crippen molar-refractivity contribution < 1.29 is 9.53 Å². The molecule has 2 aliphatic rings. The zero-order valence-corrected chi connectivity index (χ0v) is 15.2. The lowest BCUT2D eigenvalue weighted by Gasteiger charge is -2.31. The van der Waals surface area contributed by atoms with Gasteiger partial charge >= 0.3 is 5.97 Å². The number of benzene rings is 1. The number of ether oxygens (including phenoxy) is 1. The summed E-state index contributed by atoms with van der Waals surface area (Å²) in [6.45, 7) is 7.98. The molecule has 2 aromatic rings. The first-order chi connectivity index (χ1) is 12.6. The number of hydrogen-bond acceptors (Lipinski definition) is 6. The number of piperazine rings is 1. The summed E-state index contributed by atoms with van der Waals surface area (Å²) < 4.78 is 5.69. The molecule has 1 atom stereocenters. The second kappa shape index (κ2) is 7.03. The van der Waals surface area contributed by atoms with Crippen molar-refractivity contribution >= 4 is 11.7 Å². The van der Waals surface area contributed by atoms with Crippen LogP contribution in [0.15, 0.2) is 30.5 Å². The molecule has 1 aromatic heterocycles. The molecule has 3 heterocycles. The van der Waals surface area contributed by atoms with Crippen molar-refractivity contribution in [2.45, 2.75) is 32.1 Å². The van der Waals surface area contributed by atoms with Crippen molar-refractivity contribution in [1.29, 1.82) is 0 Å². The molecule has 0 aliphatic carbocycles. The highest BCUT2D eigenvalue weighted by Crippen LogP contribution is 2.35. The highest BCUT2D eigenvalue weighted by Gasteiger charge is 2.31. The van der Waals surface area contributed by atoms with Crippen LogP contribution in [0, 0.1) is 0 Å². The van der Waals surface area contributed by atoms with E-state index in [1.807, 2.05) is 26.0 Å². The van der Waals surface area contributed by atoms with Gasteiger partial charge < -0.3 is 15.0 Å². The summed E-state index contributed by atoms with van der Waals surface area (Å²) in [5, 5.41) is 3.35. The normalized spacial score (nSPS) is 20.0. The molecule has 1 fully saturated rings. The molecule has 1 saturated heterocycles. The first-order valence-corrected chi connectivity index (χ1v) is 9.25. The maximum atomic E-state index is 12.6. The molecule has 4 rings (SSSR count). The number of rotatable bonds is 3. The molecule has 6 nitrogen and oxygen atoms in total. The molecule has 0 spiro atoms. The number of carbonyl (C=O) groups is 1. The van der Waals surface area contributed by atoms with Gasteiger partial charge in [-0.2, -0.15) is 0 Å². The third-order valence-electron chi connectivity index (χ3n) is 5.02. The Kier molecular flexibility index (Phi) is 4.59. The molecule has 1 N–H and O–H groups in total. The molecule has 0 bridgehead atoms. The lowest BCUT2D eigenvalue weighted by atomic mass is 9.92. The number of anilines is 1. The third-order valence-corrected chi connectivity index (χ3v) is 5.02. The predicted molar refractivity (Wildman–Crippen MR) is 99.7 cm³/mol. The largest absolute Gasteiger partial charge is 0.426 e. The first-order valence-electron chi connectivity index (χ1n) is 9.25. The lowest BCUT2D eigenvalue weighted by Crippen LogP contribution is -2.43. The molecule has 1 unspecified atom stereocenters. The molecule has 0 radical (unpaired) electrons. The molecule has 1 aromatic carbocycles. The molecule has 26 heavy (non-hydrogen) atoms. The van der Waals surface area contributed by atoms with E-state index in [2.05, 4.69) is 32.3 Å². The van der Waals surface area contributed by atoms with Crippen LogP contribution in [-0.4, -0.2) is 42.1 Å². The van der Waals surface area contributed by atoms with Gasteiger partial charge in [-0.05, 0) is 24.1 Å². The van der Waals surface area contributed by atoms with Crippen LogP contribution in [0.2, 0.25) is 0 Å². The molecular weight excluding hydrogens is 328 g/mol. The van der Waals surface area contributed by atoms with E-state index in [1.165, 1.54) is 0 Å². The maximum absolute atomic E-state index is 12.6. The summed E-state index contributed by atoms with van der Waals surface area (Å²) in [7, 11) is 0. The zero-order valence-electron chi connectivity index (χ0n) is 15.2. The number of hydrogen-bond donors (Lipinski definition) is 1. The highest BCUT2D eigenvalue weighted by atomic mass is 16.5. The predicted octanol–water partition coefficient (Wildman–Crippen LogP) is 2.25. The van der Waals surface area contributed by atoms with Crippen molar-refractivity contribution in [2.24, 2.45) is 0 Å². The smallest absolute Gasteiger partial charge is 0.320 e. The van der Waals surface area contributed by atoms with Crippen LogP contribution in [0.4, 0.5) is 5.69 Å². The Hall–Kier alpha value is -2.47. The van der Waals surface area contributed by atoms with Gasteiger partial charge in [0.05, 0.1) is 5.69 Å². The third kappa shape index (κ3) is 3.29. The van der Waals surface area contributed by atoms with Crippen LogP contribution in [0.5, 0.6) is 5.75 Å². The van der Waals surface area contributed by atoms with Gasteiger partial charge in [0.1, 0.15) is 17.5 Å². The van der Waals surface area contributed by atoms with Gasteiger partial charge in [-0.1, -0.05) is 19.9 Å². The number of carbonyl (C=O) groups excluding carboxylic acids is 1. The number of nitrogens with one attached hydrogen (secondary N) is 1. The average molecular weight is 352 g/mol. The Balaban J connectivity index is 1.59. The van der Waals surface area contributed by atoms with Crippen LogP contribution < -0.4 is 15.0 Å². The van der Waals surface area contributed by atoms with Crippen molar-refractivity contribution in [1.82, 2.24) is 15.3 Å². The van der Waals surface area contributed by atoms with E-state index in [4.69, 9.17) is 4.74 Å². The van der Waals surface area contributed by atoms with Gasteiger partial charge in [0, 0.05) is 50.0 Å². The van der Waals surface area contributed by atoms with Crippen molar-refractivity contribution in [3.05, 3.63) is 47.5 Å². The zero-order chi connectivity index (χ0) is 18.1. The number of esters is 1. The van der Waals surface area contributed by atoms with E-state index in [1.54, 1.807) is 6.20 Å². The van der Waals surface area contributed by atoms with E-state index < -0.39 is 0 Å². The Morgan fingerprint density at radius 2 is 2.04 bits per heavy atom. The molecular formula is C20H24N4O2.